The van der Waals surface area contributed by atoms with Gasteiger partial charge >= 0.3 is 0 Å². The molecule has 146 valence electrons. The van der Waals surface area contributed by atoms with E-state index in [0.717, 1.165) is 16.7 Å². The van der Waals surface area contributed by atoms with Crippen LogP contribution in [0, 0.1) is 17.0 Å². The second kappa shape index (κ2) is 7.19. The molecule has 1 aromatic heterocycles. The van der Waals surface area contributed by atoms with Crippen LogP contribution in [0.1, 0.15) is 18.0 Å². The number of amides is 2. The number of fused-ring (bicyclic) bond motifs is 1. The zero-order valence-corrected chi connectivity index (χ0v) is 15.5. The summed E-state index contributed by atoms with van der Waals surface area (Å²) >= 11 is 0. The Bertz CT molecular complexity index is 1100. The van der Waals surface area contributed by atoms with Gasteiger partial charge in [0.2, 0.25) is 5.91 Å². The van der Waals surface area contributed by atoms with E-state index in [1.807, 2.05) is 31.2 Å². The van der Waals surface area contributed by atoms with Crippen LogP contribution < -0.4 is 10.6 Å². The zero-order valence-electron chi connectivity index (χ0n) is 15.5. The first-order chi connectivity index (χ1) is 13.9. The highest BCUT2D eigenvalue weighted by Crippen LogP contribution is 2.35. The van der Waals surface area contributed by atoms with Gasteiger partial charge in [0.05, 0.1) is 17.5 Å². The molecule has 0 radical (unpaired) electrons. The van der Waals surface area contributed by atoms with E-state index < -0.39 is 11.0 Å². The smallest absolute Gasteiger partial charge is 0.269 e. The molecule has 0 spiro atoms. The summed E-state index contributed by atoms with van der Waals surface area (Å²) in [5, 5.41) is 20.5. The molecule has 1 aliphatic rings. The summed E-state index contributed by atoms with van der Waals surface area (Å²) in [5.41, 5.74) is 3.19. The number of non-ortho nitro benzene ring substituents is 1. The van der Waals surface area contributed by atoms with Crippen molar-refractivity contribution < 1.29 is 14.5 Å². The first-order valence-electron chi connectivity index (χ1n) is 8.92. The summed E-state index contributed by atoms with van der Waals surface area (Å²) < 4.78 is 1.52. The fraction of sp³-hybridized carbons (Fsp3) is 0.150. The number of benzene rings is 2. The van der Waals surface area contributed by atoms with Gasteiger partial charge in [-0.3, -0.25) is 19.7 Å². The Hall–Kier alpha value is -4.01. The van der Waals surface area contributed by atoms with Gasteiger partial charge in [-0.15, -0.1) is 0 Å². The van der Waals surface area contributed by atoms with E-state index in [4.69, 9.17) is 0 Å². The Kier molecular flexibility index (Phi) is 4.55. The number of aromatic nitrogens is 2. The van der Waals surface area contributed by atoms with Gasteiger partial charge in [-0.05, 0) is 24.6 Å². The Morgan fingerprint density at radius 1 is 1.21 bits per heavy atom. The van der Waals surface area contributed by atoms with Crippen LogP contribution in [-0.4, -0.2) is 26.5 Å². The molecule has 9 nitrogen and oxygen atoms in total. The molecule has 0 aliphatic carbocycles. The van der Waals surface area contributed by atoms with Gasteiger partial charge in [-0.2, -0.15) is 5.10 Å². The normalized spacial score (nSPS) is 14.9. The number of nitrogens with one attached hydrogen (secondary N) is 2. The number of anilines is 2. The van der Waals surface area contributed by atoms with E-state index >= 15 is 0 Å². The molecule has 0 saturated carbocycles. The third-order valence-corrected chi connectivity index (χ3v) is 4.74. The molecule has 4 rings (SSSR count). The van der Waals surface area contributed by atoms with Crippen LogP contribution in [0.5, 0.6) is 0 Å². The van der Waals surface area contributed by atoms with Gasteiger partial charge in [0.1, 0.15) is 11.9 Å². The van der Waals surface area contributed by atoms with Gasteiger partial charge < -0.3 is 10.6 Å². The standard InChI is InChI=1S/C20H17N5O4/c1-12-2-4-13(5-3-12)16-11-21-24-17(20(27)23-19(16)24)10-18(26)22-14-6-8-15(9-7-14)25(28)29/h2-9,11,17H,10H2,1H3,(H,22,26)(H,23,27). The van der Waals surface area contributed by atoms with Crippen molar-refractivity contribution in [1.82, 2.24) is 9.78 Å². The predicted molar refractivity (Wildman–Crippen MR) is 106 cm³/mol. The number of nitro groups is 1. The lowest BCUT2D eigenvalue weighted by molar-refractivity contribution is -0.384. The van der Waals surface area contributed by atoms with Crippen molar-refractivity contribution in [2.45, 2.75) is 19.4 Å². The van der Waals surface area contributed by atoms with Crippen molar-refractivity contribution in [3.05, 3.63) is 70.4 Å². The molecule has 9 heteroatoms. The molecule has 0 fully saturated rings. The quantitative estimate of drug-likeness (QED) is 0.511. The Balaban J connectivity index is 1.49. The fourth-order valence-electron chi connectivity index (χ4n) is 3.21. The minimum atomic E-state index is -0.762. The van der Waals surface area contributed by atoms with E-state index in [2.05, 4.69) is 15.7 Å². The molecule has 29 heavy (non-hydrogen) atoms. The topological polar surface area (TPSA) is 119 Å². The Morgan fingerprint density at radius 3 is 2.55 bits per heavy atom. The van der Waals surface area contributed by atoms with Gasteiger partial charge in [0, 0.05) is 23.4 Å². The lowest BCUT2D eigenvalue weighted by Crippen LogP contribution is -2.23. The SMILES string of the molecule is Cc1ccc(-c2cnn3c2NC(=O)C3CC(=O)Nc2ccc([N+](=O)[O-])cc2)cc1. The second-order valence-corrected chi connectivity index (χ2v) is 6.78. The monoisotopic (exact) mass is 391 g/mol. The molecule has 3 aromatic rings. The zero-order chi connectivity index (χ0) is 20.5. The number of rotatable bonds is 5. The highest BCUT2D eigenvalue weighted by atomic mass is 16.6. The van der Waals surface area contributed by atoms with Crippen molar-refractivity contribution in [2.24, 2.45) is 0 Å². The highest BCUT2D eigenvalue weighted by molar-refractivity contribution is 6.04. The van der Waals surface area contributed by atoms with Gasteiger partial charge in [-0.1, -0.05) is 29.8 Å². The molecular weight excluding hydrogens is 374 g/mol. The summed E-state index contributed by atoms with van der Waals surface area (Å²) in [5.74, 6) is -0.133. The number of hydrogen-bond donors (Lipinski definition) is 2. The number of carbonyl (C=O) groups is 2. The van der Waals surface area contributed by atoms with Gasteiger partial charge in [-0.25, -0.2) is 4.68 Å². The van der Waals surface area contributed by atoms with Crippen molar-refractivity contribution in [2.75, 3.05) is 10.6 Å². The molecule has 2 amide bonds. The molecule has 2 aromatic carbocycles. The number of carbonyl (C=O) groups excluding carboxylic acids is 2. The number of nitro benzene ring substituents is 1. The summed E-state index contributed by atoms with van der Waals surface area (Å²) in [6.07, 6.45) is 1.56. The molecule has 2 N–H and O–H groups in total. The Labute approximate surface area is 165 Å². The summed E-state index contributed by atoms with van der Waals surface area (Å²) in [7, 11) is 0. The maximum absolute atomic E-state index is 12.4. The van der Waals surface area contributed by atoms with Crippen molar-refractivity contribution in [3.8, 4) is 11.1 Å². The van der Waals surface area contributed by atoms with Crippen molar-refractivity contribution in [3.63, 3.8) is 0 Å². The summed E-state index contributed by atoms with van der Waals surface area (Å²) in [4.78, 5) is 35.0. The molecule has 2 heterocycles. The first-order valence-corrected chi connectivity index (χ1v) is 8.92. The van der Waals surface area contributed by atoms with E-state index in [0.29, 0.717) is 11.5 Å². The minimum absolute atomic E-state index is 0.0667. The molecular formula is C20H17N5O4. The molecule has 0 bridgehead atoms. The average molecular weight is 391 g/mol. The van der Waals surface area contributed by atoms with E-state index in [1.54, 1.807) is 6.20 Å². The van der Waals surface area contributed by atoms with Crippen molar-refractivity contribution >= 4 is 29.0 Å². The fourth-order valence-corrected chi connectivity index (χ4v) is 3.21. The highest BCUT2D eigenvalue weighted by Gasteiger charge is 2.35. The van der Waals surface area contributed by atoms with Crippen LogP contribution in [0.15, 0.2) is 54.7 Å². The molecule has 1 aliphatic heterocycles. The summed E-state index contributed by atoms with van der Waals surface area (Å²) in [6, 6.07) is 12.6. The average Bonchev–Trinajstić information content (AvgIpc) is 3.22. The number of hydrogen-bond acceptors (Lipinski definition) is 5. The van der Waals surface area contributed by atoms with Crippen LogP contribution in [-0.2, 0) is 9.59 Å². The first kappa shape index (κ1) is 18.4. The summed E-state index contributed by atoms with van der Waals surface area (Å²) in [6.45, 7) is 1.99. The number of aryl methyl sites for hydroxylation is 1. The van der Waals surface area contributed by atoms with E-state index in [1.165, 1.54) is 28.9 Å². The molecule has 1 atom stereocenters. The van der Waals surface area contributed by atoms with Crippen LogP contribution in [0.2, 0.25) is 0 Å². The third kappa shape index (κ3) is 3.57. The van der Waals surface area contributed by atoms with Gasteiger partial charge in [0.15, 0.2) is 0 Å². The van der Waals surface area contributed by atoms with Crippen LogP contribution in [0.25, 0.3) is 11.1 Å². The lowest BCUT2D eigenvalue weighted by Gasteiger charge is -2.09. The van der Waals surface area contributed by atoms with Crippen molar-refractivity contribution in [1.29, 1.82) is 0 Å². The second-order valence-electron chi connectivity index (χ2n) is 6.78. The number of nitrogens with zero attached hydrogens (tertiary/aromatic N) is 3. The Morgan fingerprint density at radius 2 is 1.90 bits per heavy atom. The predicted octanol–water partition coefficient (Wildman–Crippen LogP) is 3.29. The molecule has 0 saturated heterocycles. The van der Waals surface area contributed by atoms with Gasteiger partial charge in [0.25, 0.3) is 11.6 Å². The van der Waals surface area contributed by atoms with Crippen LogP contribution >= 0.6 is 0 Å². The third-order valence-electron chi connectivity index (χ3n) is 4.74. The maximum Gasteiger partial charge on any atom is 0.269 e. The largest absolute Gasteiger partial charge is 0.326 e. The van der Waals surface area contributed by atoms with Crippen LogP contribution in [0.4, 0.5) is 17.2 Å². The lowest BCUT2D eigenvalue weighted by atomic mass is 10.1. The minimum Gasteiger partial charge on any atom is -0.326 e. The van der Waals surface area contributed by atoms with E-state index in [9.17, 15) is 19.7 Å². The molecule has 1 unspecified atom stereocenters. The van der Waals surface area contributed by atoms with E-state index in [-0.39, 0.29) is 23.9 Å². The van der Waals surface area contributed by atoms with Crippen LogP contribution in [0.3, 0.4) is 0 Å². The maximum atomic E-state index is 12.4.